The van der Waals surface area contributed by atoms with Gasteiger partial charge in [0.15, 0.2) is 0 Å². The van der Waals surface area contributed by atoms with Gasteiger partial charge in [-0.25, -0.2) is 0 Å². The molecule has 104 valence electrons. The van der Waals surface area contributed by atoms with Gasteiger partial charge in [-0.2, -0.15) is 0 Å². The van der Waals surface area contributed by atoms with Gasteiger partial charge in [0, 0.05) is 12.6 Å². The number of anilines is 1. The van der Waals surface area contributed by atoms with Gasteiger partial charge < -0.3 is 5.73 Å². The second-order valence-electron chi connectivity index (χ2n) is 5.42. The molecule has 5 nitrogen and oxygen atoms in total. The molecular formula is C14H21N3O2. The fourth-order valence-corrected chi connectivity index (χ4v) is 2.62. The molecule has 1 heterocycles. The molecule has 5 heteroatoms. The predicted octanol–water partition coefficient (Wildman–Crippen LogP) is 2.80. The molecule has 2 N–H and O–H groups in total. The average Bonchev–Trinajstić information content (AvgIpc) is 2.57. The number of hydrogen-bond acceptors (Lipinski definition) is 4. The van der Waals surface area contributed by atoms with Crippen LogP contribution in [0, 0.1) is 16.0 Å². The van der Waals surface area contributed by atoms with Crippen molar-refractivity contribution in [3.05, 3.63) is 33.9 Å². The van der Waals surface area contributed by atoms with Crippen LogP contribution in [0.2, 0.25) is 0 Å². The van der Waals surface area contributed by atoms with Gasteiger partial charge in [0.05, 0.1) is 4.92 Å². The van der Waals surface area contributed by atoms with Crippen molar-refractivity contribution < 1.29 is 4.92 Å². The number of nitro benzene ring substituents is 1. The Labute approximate surface area is 113 Å². The molecule has 1 aliphatic heterocycles. The molecule has 0 radical (unpaired) electrons. The van der Waals surface area contributed by atoms with Crippen molar-refractivity contribution in [2.45, 2.75) is 32.7 Å². The summed E-state index contributed by atoms with van der Waals surface area (Å²) >= 11 is 0. The molecule has 1 aromatic carbocycles. The Bertz CT molecular complexity index is 462. The highest BCUT2D eigenvalue weighted by atomic mass is 16.6. The Kier molecular flexibility index (Phi) is 4.37. The van der Waals surface area contributed by atoms with Crippen molar-refractivity contribution in [3.63, 3.8) is 0 Å². The summed E-state index contributed by atoms with van der Waals surface area (Å²) in [4.78, 5) is 12.8. The molecule has 0 bridgehead atoms. The number of likely N-dealkylation sites (tertiary alicyclic amines) is 1. The summed E-state index contributed by atoms with van der Waals surface area (Å²) in [6.07, 6.45) is 3.64. The molecule has 0 aromatic heterocycles. The molecular weight excluding hydrogens is 242 g/mol. The van der Waals surface area contributed by atoms with E-state index < -0.39 is 4.92 Å². The van der Waals surface area contributed by atoms with Crippen LogP contribution in [-0.4, -0.2) is 22.9 Å². The van der Waals surface area contributed by atoms with Gasteiger partial charge in [-0.15, -0.1) is 0 Å². The van der Waals surface area contributed by atoms with E-state index in [9.17, 15) is 10.1 Å². The molecule has 1 aromatic rings. The Balaban J connectivity index is 2.10. The molecule has 1 saturated heterocycles. The first-order valence-corrected chi connectivity index (χ1v) is 6.82. The molecule has 2 rings (SSSR count). The lowest BCUT2D eigenvalue weighted by atomic mass is 10.0. The average molecular weight is 263 g/mol. The van der Waals surface area contributed by atoms with Crippen LogP contribution in [0.1, 0.15) is 31.7 Å². The molecule has 1 atom stereocenters. The van der Waals surface area contributed by atoms with Crippen molar-refractivity contribution in [1.82, 2.24) is 4.90 Å². The number of nitrogens with zero attached hydrogens (tertiary/aromatic N) is 2. The first kappa shape index (κ1) is 13.8. The number of rotatable bonds is 3. The molecule has 0 amide bonds. The van der Waals surface area contributed by atoms with E-state index in [-0.39, 0.29) is 5.69 Å². The highest BCUT2D eigenvalue weighted by Gasteiger charge is 2.18. The minimum absolute atomic E-state index is 0.0145. The molecule has 0 spiro atoms. The zero-order valence-electron chi connectivity index (χ0n) is 11.3. The molecule has 1 unspecified atom stereocenters. The number of hydrogen-bond donors (Lipinski definition) is 1. The third-order valence-corrected chi connectivity index (χ3v) is 3.87. The van der Waals surface area contributed by atoms with E-state index in [1.807, 2.05) is 6.07 Å². The lowest BCUT2D eigenvalue weighted by Gasteiger charge is -2.20. The summed E-state index contributed by atoms with van der Waals surface area (Å²) in [5.41, 5.74) is 7.09. The monoisotopic (exact) mass is 263 g/mol. The minimum atomic E-state index is -0.413. The Morgan fingerprint density at radius 1 is 1.42 bits per heavy atom. The highest BCUT2D eigenvalue weighted by molar-refractivity contribution is 5.62. The maximum Gasteiger partial charge on any atom is 0.292 e. The second kappa shape index (κ2) is 6.02. The van der Waals surface area contributed by atoms with E-state index in [1.54, 1.807) is 6.07 Å². The zero-order chi connectivity index (χ0) is 13.8. The number of nitro groups is 1. The lowest BCUT2D eigenvalue weighted by molar-refractivity contribution is -0.384. The second-order valence-corrected chi connectivity index (χ2v) is 5.42. The van der Waals surface area contributed by atoms with Crippen LogP contribution >= 0.6 is 0 Å². The summed E-state index contributed by atoms with van der Waals surface area (Å²) in [6, 6.07) is 5.06. The summed E-state index contributed by atoms with van der Waals surface area (Å²) in [7, 11) is 0. The highest BCUT2D eigenvalue weighted by Crippen LogP contribution is 2.27. The molecule has 19 heavy (non-hydrogen) atoms. The van der Waals surface area contributed by atoms with E-state index in [2.05, 4.69) is 11.8 Å². The smallest absolute Gasteiger partial charge is 0.292 e. The summed E-state index contributed by atoms with van der Waals surface area (Å²) < 4.78 is 0. The Hall–Kier alpha value is -1.62. The molecule has 1 aliphatic rings. The van der Waals surface area contributed by atoms with Gasteiger partial charge >= 0.3 is 0 Å². The van der Waals surface area contributed by atoms with Gasteiger partial charge in [-0.3, -0.25) is 15.0 Å². The molecule has 0 aliphatic carbocycles. The minimum Gasteiger partial charge on any atom is -0.393 e. The number of benzene rings is 1. The number of nitrogen functional groups attached to an aromatic ring is 1. The van der Waals surface area contributed by atoms with Gasteiger partial charge in [-0.1, -0.05) is 19.1 Å². The third kappa shape index (κ3) is 3.44. The van der Waals surface area contributed by atoms with Crippen molar-refractivity contribution in [2.75, 3.05) is 18.8 Å². The van der Waals surface area contributed by atoms with Crippen molar-refractivity contribution in [2.24, 2.45) is 5.92 Å². The van der Waals surface area contributed by atoms with Crippen LogP contribution in [-0.2, 0) is 6.54 Å². The summed E-state index contributed by atoms with van der Waals surface area (Å²) in [6.45, 7) is 5.08. The third-order valence-electron chi connectivity index (χ3n) is 3.87. The lowest BCUT2D eigenvalue weighted by Crippen LogP contribution is -2.24. The SMILES string of the molecule is CC1CCCN(Cc2cccc([N+](=O)[O-])c2N)CC1. The van der Waals surface area contributed by atoms with Crippen LogP contribution < -0.4 is 5.73 Å². The van der Waals surface area contributed by atoms with Gasteiger partial charge in [-0.05, 0) is 43.8 Å². The Morgan fingerprint density at radius 3 is 2.95 bits per heavy atom. The number of nitrogens with two attached hydrogens (primary N) is 1. The van der Waals surface area contributed by atoms with Gasteiger partial charge in [0.1, 0.15) is 5.69 Å². The van der Waals surface area contributed by atoms with Crippen LogP contribution in [0.15, 0.2) is 18.2 Å². The van der Waals surface area contributed by atoms with Gasteiger partial charge in [0.25, 0.3) is 5.69 Å². The maximum atomic E-state index is 10.9. The fraction of sp³-hybridized carbons (Fsp3) is 0.571. The van der Waals surface area contributed by atoms with E-state index in [1.165, 1.54) is 25.3 Å². The standard InChI is InChI=1S/C14H21N3O2/c1-11-4-3-8-16(9-7-11)10-12-5-2-6-13(14(12)15)17(18)19/h2,5-6,11H,3-4,7-10,15H2,1H3. The van der Waals surface area contributed by atoms with E-state index in [0.29, 0.717) is 12.2 Å². The van der Waals surface area contributed by atoms with Crippen molar-refractivity contribution in [3.8, 4) is 0 Å². The van der Waals surface area contributed by atoms with Crippen LogP contribution in [0.25, 0.3) is 0 Å². The van der Waals surface area contributed by atoms with E-state index in [4.69, 9.17) is 5.73 Å². The topological polar surface area (TPSA) is 72.4 Å². The summed E-state index contributed by atoms with van der Waals surface area (Å²) in [5.74, 6) is 0.771. The predicted molar refractivity (Wildman–Crippen MR) is 75.8 cm³/mol. The maximum absolute atomic E-state index is 10.9. The van der Waals surface area contributed by atoms with E-state index in [0.717, 1.165) is 24.6 Å². The van der Waals surface area contributed by atoms with Crippen LogP contribution in [0.4, 0.5) is 11.4 Å². The normalized spacial score (nSPS) is 21.0. The first-order chi connectivity index (χ1) is 9.08. The zero-order valence-corrected chi connectivity index (χ0v) is 11.3. The van der Waals surface area contributed by atoms with E-state index >= 15 is 0 Å². The quantitative estimate of drug-likeness (QED) is 0.517. The van der Waals surface area contributed by atoms with Gasteiger partial charge in [0.2, 0.25) is 0 Å². The molecule has 0 saturated carbocycles. The number of para-hydroxylation sites is 1. The fourth-order valence-electron chi connectivity index (χ4n) is 2.62. The van der Waals surface area contributed by atoms with Crippen LogP contribution in [0.5, 0.6) is 0 Å². The van der Waals surface area contributed by atoms with Crippen molar-refractivity contribution >= 4 is 11.4 Å². The van der Waals surface area contributed by atoms with Crippen LogP contribution in [0.3, 0.4) is 0 Å². The van der Waals surface area contributed by atoms with Crippen molar-refractivity contribution in [1.29, 1.82) is 0 Å². The summed E-state index contributed by atoms with van der Waals surface area (Å²) in [5, 5.41) is 10.9. The molecule has 1 fully saturated rings. The first-order valence-electron chi connectivity index (χ1n) is 6.82. The largest absolute Gasteiger partial charge is 0.393 e. The Morgan fingerprint density at radius 2 is 2.21 bits per heavy atom.